The van der Waals surface area contributed by atoms with Crippen LogP contribution in [0.4, 0.5) is 9.18 Å². The van der Waals surface area contributed by atoms with E-state index in [0.29, 0.717) is 19.6 Å². The van der Waals surface area contributed by atoms with E-state index < -0.39 is 0 Å². The topological polar surface area (TPSA) is 45.2 Å². The normalized spacial score (nSPS) is 15.2. The van der Waals surface area contributed by atoms with Crippen LogP contribution in [-0.2, 0) is 13.0 Å². The highest BCUT2D eigenvalue weighted by molar-refractivity contribution is 7.09. The maximum absolute atomic E-state index is 13.3. The highest BCUT2D eigenvalue weighted by Gasteiger charge is 2.21. The average Bonchev–Trinajstić information content (AvgIpc) is 2.98. The van der Waals surface area contributed by atoms with E-state index in [1.807, 2.05) is 18.4 Å². The monoisotopic (exact) mass is 333 g/mol. The van der Waals surface area contributed by atoms with Gasteiger partial charge in [-0.25, -0.2) is 14.2 Å². The zero-order chi connectivity index (χ0) is 16.4. The van der Waals surface area contributed by atoms with Gasteiger partial charge in [0, 0.05) is 36.6 Å². The fourth-order valence-corrected chi connectivity index (χ4v) is 3.59. The molecule has 1 aromatic carbocycles. The van der Waals surface area contributed by atoms with Crippen LogP contribution < -0.4 is 5.32 Å². The van der Waals surface area contributed by atoms with E-state index in [9.17, 15) is 9.18 Å². The van der Waals surface area contributed by atoms with Crippen molar-refractivity contribution >= 4 is 17.4 Å². The second-order valence-corrected chi connectivity index (χ2v) is 6.89. The summed E-state index contributed by atoms with van der Waals surface area (Å²) in [5.74, 6) is -0.0639. The third-order valence-corrected chi connectivity index (χ3v) is 5.28. The number of aryl methyl sites for hydroxylation is 1. The summed E-state index contributed by atoms with van der Waals surface area (Å²) in [6.45, 7) is 5.70. The first-order valence-electron chi connectivity index (χ1n) is 7.75. The highest BCUT2D eigenvalue weighted by Crippen LogP contribution is 2.21. The number of aromatic nitrogens is 1. The van der Waals surface area contributed by atoms with Crippen LogP contribution in [0, 0.1) is 12.7 Å². The first-order chi connectivity index (χ1) is 11.0. The van der Waals surface area contributed by atoms with Crippen molar-refractivity contribution in [2.24, 2.45) is 0 Å². The molecule has 0 saturated heterocycles. The van der Waals surface area contributed by atoms with Gasteiger partial charge in [0.1, 0.15) is 5.82 Å². The van der Waals surface area contributed by atoms with Gasteiger partial charge in [0.25, 0.3) is 0 Å². The van der Waals surface area contributed by atoms with E-state index in [0.717, 1.165) is 28.2 Å². The Morgan fingerprint density at radius 3 is 3.04 bits per heavy atom. The molecule has 1 N–H and O–H groups in total. The molecule has 0 aliphatic carbocycles. The Bertz CT molecular complexity index is 716. The maximum atomic E-state index is 13.3. The molecule has 3 rings (SSSR count). The molecule has 1 atom stereocenters. The number of carbonyl (C=O) groups is 1. The Kier molecular flexibility index (Phi) is 4.61. The molecule has 1 unspecified atom stereocenters. The molecule has 0 bridgehead atoms. The number of urea groups is 1. The minimum absolute atomic E-state index is 0.0972. The number of thiazole rings is 1. The van der Waals surface area contributed by atoms with Crippen molar-refractivity contribution in [3.63, 3.8) is 0 Å². The van der Waals surface area contributed by atoms with E-state index in [1.165, 1.54) is 12.1 Å². The number of hydrogen-bond acceptors (Lipinski definition) is 3. The summed E-state index contributed by atoms with van der Waals surface area (Å²) in [6.07, 6.45) is 0.768. The van der Waals surface area contributed by atoms with Gasteiger partial charge in [-0.3, -0.25) is 0 Å². The molecule has 122 valence electrons. The Labute approximate surface area is 139 Å². The Hall–Kier alpha value is -1.95. The largest absolute Gasteiger partial charge is 0.337 e. The van der Waals surface area contributed by atoms with E-state index in [1.54, 1.807) is 16.2 Å². The molecule has 1 aliphatic heterocycles. The second-order valence-electron chi connectivity index (χ2n) is 6.00. The lowest BCUT2D eigenvalue weighted by atomic mass is 10.00. The molecule has 1 aromatic heterocycles. The standard InChI is InChI=1S/C17H20FN3OS/c1-11(16-20-12(2)10-23-16)8-19-17(22)21-6-5-13-3-4-15(18)7-14(13)9-21/h3-4,7,10-11H,5-6,8-9H2,1-2H3,(H,19,22). The summed E-state index contributed by atoms with van der Waals surface area (Å²) < 4.78 is 13.3. The molecule has 0 radical (unpaired) electrons. The number of rotatable bonds is 3. The molecule has 2 aromatic rings. The lowest BCUT2D eigenvalue weighted by molar-refractivity contribution is 0.192. The zero-order valence-corrected chi connectivity index (χ0v) is 14.1. The summed E-state index contributed by atoms with van der Waals surface area (Å²) in [5, 5.41) is 6.02. The first kappa shape index (κ1) is 15.9. The summed E-state index contributed by atoms with van der Waals surface area (Å²) >= 11 is 1.62. The van der Waals surface area contributed by atoms with Gasteiger partial charge in [-0.15, -0.1) is 11.3 Å². The molecule has 1 aliphatic rings. The number of amides is 2. The summed E-state index contributed by atoms with van der Waals surface area (Å²) in [5.41, 5.74) is 3.04. The predicted octanol–water partition coefficient (Wildman–Crippen LogP) is 3.46. The third-order valence-electron chi connectivity index (χ3n) is 4.09. The summed E-state index contributed by atoms with van der Waals surface area (Å²) in [4.78, 5) is 18.5. The molecule has 2 amide bonds. The molecular formula is C17H20FN3OS. The molecule has 0 fully saturated rings. The van der Waals surface area contributed by atoms with E-state index in [4.69, 9.17) is 0 Å². The Balaban J connectivity index is 1.57. The van der Waals surface area contributed by atoms with Gasteiger partial charge >= 0.3 is 6.03 Å². The SMILES string of the molecule is Cc1csc(C(C)CNC(=O)N2CCc3ccc(F)cc3C2)n1. The van der Waals surface area contributed by atoms with Gasteiger partial charge < -0.3 is 10.2 Å². The van der Waals surface area contributed by atoms with Crippen LogP contribution >= 0.6 is 11.3 Å². The quantitative estimate of drug-likeness (QED) is 0.935. The molecular weight excluding hydrogens is 313 g/mol. The van der Waals surface area contributed by atoms with Crippen LogP contribution in [0.1, 0.15) is 34.7 Å². The van der Waals surface area contributed by atoms with Crippen LogP contribution in [0.2, 0.25) is 0 Å². The molecule has 4 nitrogen and oxygen atoms in total. The van der Waals surface area contributed by atoms with Gasteiger partial charge in [0.2, 0.25) is 0 Å². The van der Waals surface area contributed by atoms with Gasteiger partial charge in [-0.1, -0.05) is 13.0 Å². The Morgan fingerprint density at radius 1 is 1.48 bits per heavy atom. The fourth-order valence-electron chi connectivity index (χ4n) is 2.74. The predicted molar refractivity (Wildman–Crippen MR) is 89.2 cm³/mol. The number of carbonyl (C=O) groups excluding carboxylic acids is 1. The lowest BCUT2D eigenvalue weighted by Gasteiger charge is -2.29. The van der Waals surface area contributed by atoms with Crippen LogP contribution in [0.5, 0.6) is 0 Å². The van der Waals surface area contributed by atoms with Gasteiger partial charge in [0.15, 0.2) is 0 Å². The van der Waals surface area contributed by atoms with Gasteiger partial charge in [-0.2, -0.15) is 0 Å². The average molecular weight is 333 g/mol. The van der Waals surface area contributed by atoms with Crippen LogP contribution in [-0.4, -0.2) is 29.0 Å². The van der Waals surface area contributed by atoms with Crippen molar-refractivity contribution < 1.29 is 9.18 Å². The zero-order valence-electron chi connectivity index (χ0n) is 13.3. The van der Waals surface area contributed by atoms with Crippen molar-refractivity contribution in [2.45, 2.75) is 32.7 Å². The fraction of sp³-hybridized carbons (Fsp3) is 0.412. The van der Waals surface area contributed by atoms with Gasteiger partial charge in [-0.05, 0) is 36.6 Å². The number of hydrogen-bond donors (Lipinski definition) is 1. The molecule has 0 saturated carbocycles. The van der Waals surface area contributed by atoms with Crippen LogP contribution in [0.25, 0.3) is 0 Å². The first-order valence-corrected chi connectivity index (χ1v) is 8.63. The number of nitrogens with one attached hydrogen (secondary N) is 1. The summed E-state index contributed by atoms with van der Waals surface area (Å²) in [7, 11) is 0. The minimum Gasteiger partial charge on any atom is -0.337 e. The number of nitrogens with zero attached hydrogens (tertiary/aromatic N) is 2. The molecule has 6 heteroatoms. The number of benzene rings is 1. The van der Waals surface area contributed by atoms with Gasteiger partial charge in [0.05, 0.1) is 5.01 Å². The van der Waals surface area contributed by atoms with Crippen molar-refractivity contribution in [3.05, 3.63) is 51.2 Å². The second kappa shape index (κ2) is 6.66. The third kappa shape index (κ3) is 3.69. The molecule has 0 spiro atoms. The van der Waals surface area contributed by atoms with Crippen LogP contribution in [0.15, 0.2) is 23.6 Å². The lowest BCUT2D eigenvalue weighted by Crippen LogP contribution is -2.43. The van der Waals surface area contributed by atoms with E-state index in [-0.39, 0.29) is 17.8 Å². The van der Waals surface area contributed by atoms with Crippen molar-refractivity contribution in [1.82, 2.24) is 15.2 Å². The smallest absolute Gasteiger partial charge is 0.317 e. The Morgan fingerprint density at radius 2 is 2.30 bits per heavy atom. The van der Waals surface area contributed by atoms with E-state index >= 15 is 0 Å². The maximum Gasteiger partial charge on any atom is 0.317 e. The van der Waals surface area contributed by atoms with E-state index in [2.05, 4.69) is 17.2 Å². The number of halogens is 1. The highest BCUT2D eigenvalue weighted by atomic mass is 32.1. The molecule has 23 heavy (non-hydrogen) atoms. The minimum atomic E-state index is -0.251. The van der Waals surface area contributed by atoms with Crippen molar-refractivity contribution in [2.75, 3.05) is 13.1 Å². The summed E-state index contributed by atoms with van der Waals surface area (Å²) in [6, 6.07) is 4.72. The van der Waals surface area contributed by atoms with Crippen molar-refractivity contribution in [1.29, 1.82) is 0 Å². The van der Waals surface area contributed by atoms with Crippen molar-refractivity contribution in [3.8, 4) is 0 Å². The number of fused-ring (bicyclic) bond motifs is 1. The van der Waals surface area contributed by atoms with Crippen LogP contribution in [0.3, 0.4) is 0 Å². The molecule has 2 heterocycles.